The van der Waals surface area contributed by atoms with E-state index in [4.69, 9.17) is 4.74 Å². The second-order valence-electron chi connectivity index (χ2n) is 8.76. The summed E-state index contributed by atoms with van der Waals surface area (Å²) in [6, 6.07) is 7.17. The van der Waals surface area contributed by atoms with Gasteiger partial charge in [-0.2, -0.15) is 0 Å². The van der Waals surface area contributed by atoms with Crippen LogP contribution in [0.5, 0.6) is 0 Å². The van der Waals surface area contributed by atoms with Crippen molar-refractivity contribution in [2.24, 2.45) is 0 Å². The number of rotatable bonds is 8. The number of esters is 1. The first-order valence-electron chi connectivity index (χ1n) is 12.3. The van der Waals surface area contributed by atoms with Crippen LogP contribution in [-0.4, -0.2) is 102 Å². The molecule has 12 heteroatoms. The molecule has 37 heavy (non-hydrogen) atoms. The molecular weight excluding hydrogens is 478 g/mol. The maximum absolute atomic E-state index is 13.2. The van der Waals surface area contributed by atoms with E-state index in [0.717, 1.165) is 0 Å². The average molecular weight is 510 g/mol. The predicted molar refractivity (Wildman–Crippen MR) is 135 cm³/mol. The Kier molecular flexibility index (Phi) is 8.62. The highest BCUT2D eigenvalue weighted by atomic mass is 16.5. The summed E-state index contributed by atoms with van der Waals surface area (Å²) >= 11 is 0. The molecule has 2 saturated heterocycles. The van der Waals surface area contributed by atoms with Crippen LogP contribution in [0.2, 0.25) is 0 Å². The lowest BCUT2D eigenvalue weighted by atomic mass is 10.1. The Morgan fingerprint density at radius 2 is 1.76 bits per heavy atom. The standard InChI is InChI=1S/C25H31N7O5/c1-2-37-24(36)18-4-6-19(7-5-18)29-21(33)16-20-23(35)26-10-11-32(20)22(34)17-30-12-14-31(15-13-30)25-27-8-3-9-28-25/h3-9,20H,2,10-17H2,1H3,(H,26,35)(H,29,33)/t20-/m1/s1. The summed E-state index contributed by atoms with van der Waals surface area (Å²) in [5.41, 5.74) is 0.854. The van der Waals surface area contributed by atoms with Crippen LogP contribution in [0, 0.1) is 0 Å². The third kappa shape index (κ3) is 6.79. The highest BCUT2D eigenvalue weighted by molar-refractivity contribution is 5.98. The summed E-state index contributed by atoms with van der Waals surface area (Å²) in [6.07, 6.45) is 3.24. The summed E-state index contributed by atoms with van der Waals surface area (Å²) in [5.74, 6) is -0.708. The Balaban J connectivity index is 1.30. The zero-order valence-corrected chi connectivity index (χ0v) is 20.8. The molecule has 1 aromatic carbocycles. The van der Waals surface area contributed by atoms with Crippen LogP contribution in [0.3, 0.4) is 0 Å². The van der Waals surface area contributed by atoms with Gasteiger partial charge in [-0.05, 0) is 37.3 Å². The van der Waals surface area contributed by atoms with Crippen molar-refractivity contribution in [1.29, 1.82) is 0 Å². The number of aromatic nitrogens is 2. The van der Waals surface area contributed by atoms with Crippen molar-refractivity contribution in [3.63, 3.8) is 0 Å². The van der Waals surface area contributed by atoms with E-state index in [-0.39, 0.29) is 31.4 Å². The van der Waals surface area contributed by atoms with Gasteiger partial charge in [0, 0.05) is 57.3 Å². The second-order valence-corrected chi connectivity index (χ2v) is 8.76. The molecule has 196 valence electrons. The van der Waals surface area contributed by atoms with E-state index < -0.39 is 17.9 Å². The molecule has 4 rings (SSSR count). The molecule has 0 unspecified atom stereocenters. The maximum atomic E-state index is 13.2. The van der Waals surface area contributed by atoms with Gasteiger partial charge in [-0.3, -0.25) is 19.3 Å². The van der Waals surface area contributed by atoms with Gasteiger partial charge in [-0.15, -0.1) is 0 Å². The van der Waals surface area contributed by atoms with Crippen LogP contribution in [0.25, 0.3) is 0 Å². The minimum Gasteiger partial charge on any atom is -0.462 e. The molecule has 0 spiro atoms. The molecule has 0 aliphatic carbocycles. The van der Waals surface area contributed by atoms with Gasteiger partial charge < -0.3 is 25.2 Å². The molecule has 3 heterocycles. The number of amides is 3. The minimum atomic E-state index is -0.890. The van der Waals surface area contributed by atoms with Gasteiger partial charge in [0.15, 0.2) is 0 Å². The van der Waals surface area contributed by atoms with Gasteiger partial charge in [0.2, 0.25) is 23.7 Å². The Morgan fingerprint density at radius 1 is 1.05 bits per heavy atom. The van der Waals surface area contributed by atoms with E-state index in [0.29, 0.717) is 56.5 Å². The first kappa shape index (κ1) is 26.0. The number of nitrogens with zero attached hydrogens (tertiary/aromatic N) is 5. The monoisotopic (exact) mass is 509 g/mol. The zero-order valence-electron chi connectivity index (χ0n) is 20.8. The maximum Gasteiger partial charge on any atom is 0.338 e. The molecule has 2 aliphatic rings. The normalized spacial score (nSPS) is 18.2. The van der Waals surface area contributed by atoms with E-state index in [1.807, 2.05) is 4.90 Å². The highest BCUT2D eigenvalue weighted by Gasteiger charge is 2.35. The smallest absolute Gasteiger partial charge is 0.338 e. The number of hydrogen-bond acceptors (Lipinski definition) is 9. The van der Waals surface area contributed by atoms with Gasteiger partial charge in [0.05, 0.1) is 25.1 Å². The van der Waals surface area contributed by atoms with Crippen LogP contribution in [0.1, 0.15) is 23.7 Å². The number of carbonyl (C=O) groups excluding carboxylic acids is 4. The lowest BCUT2D eigenvalue weighted by Gasteiger charge is -2.38. The summed E-state index contributed by atoms with van der Waals surface area (Å²) in [5, 5.41) is 5.48. The van der Waals surface area contributed by atoms with E-state index in [2.05, 4.69) is 25.5 Å². The van der Waals surface area contributed by atoms with Crippen molar-refractivity contribution in [1.82, 2.24) is 25.1 Å². The van der Waals surface area contributed by atoms with Crippen LogP contribution in [-0.2, 0) is 19.1 Å². The highest BCUT2D eigenvalue weighted by Crippen LogP contribution is 2.15. The van der Waals surface area contributed by atoms with E-state index >= 15 is 0 Å². The molecule has 0 radical (unpaired) electrons. The fourth-order valence-electron chi connectivity index (χ4n) is 4.35. The van der Waals surface area contributed by atoms with Crippen molar-refractivity contribution in [3.05, 3.63) is 48.3 Å². The largest absolute Gasteiger partial charge is 0.462 e. The first-order chi connectivity index (χ1) is 17.9. The van der Waals surface area contributed by atoms with Crippen LogP contribution >= 0.6 is 0 Å². The Bertz CT molecular complexity index is 1100. The van der Waals surface area contributed by atoms with Gasteiger partial charge >= 0.3 is 5.97 Å². The van der Waals surface area contributed by atoms with Crippen LogP contribution < -0.4 is 15.5 Å². The Hall–Kier alpha value is -4.06. The Labute approximate surface area is 215 Å². The van der Waals surface area contributed by atoms with Gasteiger partial charge in [0.25, 0.3) is 0 Å². The lowest BCUT2D eigenvalue weighted by molar-refractivity contribution is -0.145. The van der Waals surface area contributed by atoms with Gasteiger partial charge in [0.1, 0.15) is 6.04 Å². The number of benzene rings is 1. The minimum absolute atomic E-state index is 0.170. The van der Waals surface area contributed by atoms with Crippen molar-refractivity contribution in [3.8, 4) is 0 Å². The molecule has 12 nitrogen and oxygen atoms in total. The third-order valence-corrected chi connectivity index (χ3v) is 6.28. The quantitative estimate of drug-likeness (QED) is 0.476. The van der Waals surface area contributed by atoms with Crippen molar-refractivity contribution < 1.29 is 23.9 Å². The van der Waals surface area contributed by atoms with Crippen LogP contribution in [0.15, 0.2) is 42.7 Å². The average Bonchev–Trinajstić information content (AvgIpc) is 2.91. The molecule has 2 fully saturated rings. The molecule has 0 saturated carbocycles. The van der Waals surface area contributed by atoms with E-state index in [1.54, 1.807) is 49.6 Å². The van der Waals surface area contributed by atoms with Crippen molar-refractivity contribution in [2.75, 3.05) is 62.6 Å². The van der Waals surface area contributed by atoms with Gasteiger partial charge in [-0.25, -0.2) is 14.8 Å². The molecule has 1 aromatic heterocycles. The summed E-state index contributed by atoms with van der Waals surface area (Å²) in [7, 11) is 0. The summed E-state index contributed by atoms with van der Waals surface area (Å²) in [6.45, 7) is 5.57. The predicted octanol–water partition coefficient (Wildman–Crippen LogP) is 0.131. The summed E-state index contributed by atoms with van der Waals surface area (Å²) < 4.78 is 4.96. The Morgan fingerprint density at radius 3 is 2.43 bits per heavy atom. The fraction of sp³-hybridized carbons (Fsp3) is 0.440. The lowest BCUT2D eigenvalue weighted by Crippen LogP contribution is -2.60. The molecule has 2 N–H and O–H groups in total. The number of ether oxygens (including phenoxy) is 1. The molecule has 0 bridgehead atoms. The van der Waals surface area contributed by atoms with E-state index in [1.165, 1.54) is 4.90 Å². The number of anilines is 2. The molecule has 2 aliphatic heterocycles. The van der Waals surface area contributed by atoms with E-state index in [9.17, 15) is 19.2 Å². The molecular formula is C25H31N7O5. The number of carbonyl (C=O) groups is 4. The third-order valence-electron chi connectivity index (χ3n) is 6.28. The molecule has 3 amide bonds. The van der Waals surface area contributed by atoms with Crippen LogP contribution in [0.4, 0.5) is 11.6 Å². The SMILES string of the molecule is CCOC(=O)c1ccc(NC(=O)C[C@@H]2C(=O)NCCN2C(=O)CN2CCN(c3ncccn3)CC2)cc1. The van der Waals surface area contributed by atoms with Crippen molar-refractivity contribution >= 4 is 35.3 Å². The van der Waals surface area contributed by atoms with Gasteiger partial charge in [-0.1, -0.05) is 0 Å². The second kappa shape index (κ2) is 12.3. The fourth-order valence-corrected chi connectivity index (χ4v) is 4.35. The summed E-state index contributed by atoms with van der Waals surface area (Å²) in [4.78, 5) is 64.4. The topological polar surface area (TPSA) is 137 Å². The zero-order chi connectivity index (χ0) is 26.2. The number of piperazine rings is 2. The molecule has 1 atom stereocenters. The molecule has 2 aromatic rings. The first-order valence-corrected chi connectivity index (χ1v) is 12.3. The van der Waals surface area contributed by atoms with Crippen molar-refractivity contribution in [2.45, 2.75) is 19.4 Å². The number of hydrogen-bond donors (Lipinski definition) is 2. The number of nitrogens with one attached hydrogen (secondary N) is 2.